The van der Waals surface area contributed by atoms with Gasteiger partial charge in [0, 0.05) is 71.9 Å². The first-order chi connectivity index (χ1) is 49.4. The van der Waals surface area contributed by atoms with E-state index in [4.69, 9.17) is 9.47 Å². The summed E-state index contributed by atoms with van der Waals surface area (Å²) in [4.78, 5) is 0. The van der Waals surface area contributed by atoms with Gasteiger partial charge in [0.25, 0.3) is 0 Å². The molecule has 10 aromatic rings. The Labute approximate surface area is 662 Å². The normalized spacial score (nSPS) is 14.1. The van der Waals surface area contributed by atoms with Gasteiger partial charge in [0.1, 0.15) is 23.0 Å². The van der Waals surface area contributed by atoms with Crippen molar-refractivity contribution in [2.45, 2.75) is 289 Å². The number of aryl methyl sites for hydroxylation is 4. The van der Waals surface area contributed by atoms with Gasteiger partial charge in [0.05, 0.1) is 62.8 Å². The molecule has 2 aromatic heterocycles. The summed E-state index contributed by atoms with van der Waals surface area (Å²) in [5.74, 6) is 1.96. The van der Waals surface area contributed by atoms with Crippen LogP contribution in [-0.4, -0.2) is 48.7 Å². The largest absolute Gasteiger partial charge is 0.505 e. The number of ether oxygens (including phenoxy) is 2. The van der Waals surface area contributed by atoms with Gasteiger partial charge in [-0.3, -0.25) is 0 Å². The molecule has 2 N–H and O–H groups in total. The van der Waals surface area contributed by atoms with Crippen LogP contribution in [0.1, 0.15) is 245 Å². The molecule has 10 rings (SSSR count). The van der Waals surface area contributed by atoms with Crippen LogP contribution in [0, 0.1) is 71.0 Å². The average molecular weight is 1500 g/mol. The van der Waals surface area contributed by atoms with Crippen LogP contribution in [0.5, 0.6) is 23.0 Å². The summed E-state index contributed by atoms with van der Waals surface area (Å²) in [6.07, 6.45) is 0.575. The highest BCUT2D eigenvalue weighted by atomic mass is 28.3. The summed E-state index contributed by atoms with van der Waals surface area (Å²) in [5.41, 5.74) is 16.7. The number of hydrogen-bond acceptors (Lipinski definition) is 4. The molecule has 2 heterocycles. The van der Waals surface area contributed by atoms with Crippen LogP contribution >= 0.6 is 0 Å². The summed E-state index contributed by atoms with van der Waals surface area (Å²) in [5, 5.41) is 34.6. The van der Waals surface area contributed by atoms with Crippen molar-refractivity contribution in [3.63, 3.8) is 0 Å². The van der Waals surface area contributed by atoms with E-state index >= 15 is 0 Å². The molecule has 0 saturated heterocycles. The third-order valence-electron chi connectivity index (χ3n) is 28.4. The van der Waals surface area contributed by atoms with Gasteiger partial charge in [0.2, 0.25) is 0 Å². The van der Waals surface area contributed by atoms with E-state index in [-0.39, 0.29) is 76.5 Å². The SMILES string of the molecule is Cc1cc(-c2cc([Si](C)(C)C)cc(C)c2OCCCOc2c(C)cc([Si](C)(C)C)cc2-c2cc(C)cc(-n3c4cc(C(C)(C(C)(C)C)C(C)(C)C)ccc4c4ccc(C(C)(C(C)(C)C)C(C)(C)C)cc43)c2O)c(O)c(-n2c3cc(C(C)(C(C)(C)C)C(C)(C)C)ccc3c3ccc(C(C)(C(C)(C)C)C(C)(C)C)cc32)c1. The highest BCUT2D eigenvalue weighted by Crippen LogP contribution is 2.60. The van der Waals surface area contributed by atoms with Crippen LogP contribution in [0.25, 0.3) is 77.2 Å². The minimum Gasteiger partial charge on any atom is -0.505 e. The van der Waals surface area contributed by atoms with Crippen molar-refractivity contribution in [2.75, 3.05) is 13.2 Å². The second kappa shape index (κ2) is 27.4. The number of rotatable bonds is 16. The third kappa shape index (κ3) is 14.1. The molecule has 0 aliphatic rings. The van der Waals surface area contributed by atoms with Crippen molar-refractivity contribution in [3.05, 3.63) is 166 Å². The lowest BCUT2D eigenvalue weighted by molar-refractivity contribution is 0.0693. The van der Waals surface area contributed by atoms with E-state index in [1.165, 1.54) is 32.6 Å². The van der Waals surface area contributed by atoms with Crippen LogP contribution in [0.15, 0.2) is 121 Å². The molecular formula is C101H142N2O4Si2. The summed E-state index contributed by atoms with van der Waals surface area (Å²) < 4.78 is 19.2. The van der Waals surface area contributed by atoms with E-state index in [0.29, 0.717) is 19.6 Å². The zero-order valence-corrected chi connectivity index (χ0v) is 77.3. The molecule has 109 heavy (non-hydrogen) atoms. The Hall–Kier alpha value is -7.01. The molecule has 0 unspecified atom stereocenters. The standard InChI is InChI=1S/C101H142N2O4Si2/c1-62-50-76(86(104)84(52-62)102-80-56-66(98(29,90(5,6)7)91(8,9)10)40-44-72(80)73-45-41-67(57-81(73)102)99(30,92(11,12)13)93(14,15)16)78-60-70(108(33,34)35)54-64(3)88(78)106-48-39-49-107-89-65(4)55-71(109(36,37)38)61-79(89)77-51-63(2)53-85(87(77)105)103-82-58-68(100(31,94(17,18)19)95(20,21)22)42-46-74(82)75-47-43-69(59-83(75)103)101(32,96(23,24)25)97(26,27)28/h40-47,50-61,104-105H,39,48-49H2,1-38H3. The Bertz CT molecular complexity index is 4600. The Kier molecular flexibility index (Phi) is 21.2. The molecule has 8 heteroatoms. The van der Waals surface area contributed by atoms with Gasteiger partial charge >= 0.3 is 0 Å². The number of aromatic nitrogens is 2. The molecule has 0 saturated carbocycles. The molecule has 0 aliphatic carbocycles. The van der Waals surface area contributed by atoms with Gasteiger partial charge in [-0.15, -0.1) is 0 Å². The minimum atomic E-state index is -1.94. The number of phenols is 2. The second-order valence-corrected chi connectivity index (χ2v) is 54.5. The van der Waals surface area contributed by atoms with Crippen LogP contribution < -0.4 is 19.8 Å². The molecule has 0 aliphatic heterocycles. The molecule has 0 bridgehead atoms. The van der Waals surface area contributed by atoms with Crippen LogP contribution in [0.4, 0.5) is 0 Å². The van der Waals surface area contributed by atoms with Crippen LogP contribution in [-0.2, 0) is 21.7 Å². The van der Waals surface area contributed by atoms with Gasteiger partial charge in [0.15, 0.2) is 0 Å². The summed E-state index contributed by atoms with van der Waals surface area (Å²) >= 11 is 0. The number of phenolic OH excluding ortho intramolecular Hbond substituents is 2. The van der Waals surface area contributed by atoms with Gasteiger partial charge in [-0.25, -0.2) is 0 Å². The maximum Gasteiger partial charge on any atom is 0.147 e. The number of aromatic hydroxyl groups is 2. The molecule has 0 atom stereocenters. The molecule has 0 fully saturated rings. The van der Waals surface area contributed by atoms with E-state index in [0.717, 1.165) is 111 Å². The predicted octanol–water partition coefficient (Wildman–Crippen LogP) is 28.2. The van der Waals surface area contributed by atoms with E-state index in [9.17, 15) is 10.2 Å². The third-order valence-corrected chi connectivity index (χ3v) is 32.5. The first-order valence-corrected chi connectivity index (χ1v) is 47.8. The molecule has 0 spiro atoms. The topological polar surface area (TPSA) is 68.8 Å². The van der Waals surface area contributed by atoms with Crippen molar-refractivity contribution >= 4 is 70.1 Å². The van der Waals surface area contributed by atoms with Crippen molar-refractivity contribution in [1.82, 2.24) is 9.13 Å². The van der Waals surface area contributed by atoms with Crippen molar-refractivity contribution < 1.29 is 19.7 Å². The predicted molar refractivity (Wildman–Crippen MR) is 481 cm³/mol. The fraction of sp³-hybridized carbons (Fsp3) is 0.525. The van der Waals surface area contributed by atoms with Crippen molar-refractivity contribution in [3.8, 4) is 56.6 Å². The smallest absolute Gasteiger partial charge is 0.147 e. The molecule has 588 valence electrons. The van der Waals surface area contributed by atoms with Crippen LogP contribution in [0.3, 0.4) is 0 Å². The maximum absolute atomic E-state index is 13.7. The van der Waals surface area contributed by atoms with Gasteiger partial charge in [-0.2, -0.15) is 0 Å². The first-order valence-electron chi connectivity index (χ1n) is 40.8. The first kappa shape index (κ1) is 84.4. The maximum atomic E-state index is 13.7. The second-order valence-electron chi connectivity index (χ2n) is 44.3. The number of benzene rings is 8. The van der Waals surface area contributed by atoms with E-state index < -0.39 is 16.1 Å². The number of hydrogen-bond donors (Lipinski definition) is 2. The minimum absolute atomic E-state index is 0.0847. The lowest BCUT2D eigenvalue weighted by Crippen LogP contribution is -2.47. The molecule has 0 radical (unpaired) electrons. The highest BCUT2D eigenvalue weighted by molar-refractivity contribution is 6.89. The van der Waals surface area contributed by atoms with E-state index in [1.807, 2.05) is 0 Å². The molecule has 8 aromatic carbocycles. The average Bonchev–Trinajstić information content (AvgIpc) is 1.61. The fourth-order valence-corrected chi connectivity index (χ4v) is 22.1. The zero-order valence-electron chi connectivity index (χ0n) is 75.3. The van der Waals surface area contributed by atoms with Crippen molar-refractivity contribution in [1.29, 1.82) is 0 Å². The van der Waals surface area contributed by atoms with Crippen LogP contribution in [0.2, 0.25) is 39.3 Å². The van der Waals surface area contributed by atoms with Gasteiger partial charge < -0.3 is 28.8 Å². The molecule has 0 amide bonds. The Morgan fingerprint density at radius 1 is 0.294 bits per heavy atom. The lowest BCUT2D eigenvalue weighted by atomic mass is 9.52. The van der Waals surface area contributed by atoms with E-state index in [2.05, 4.69) is 391 Å². The molecular weight excluding hydrogens is 1360 g/mol. The highest BCUT2D eigenvalue weighted by Gasteiger charge is 2.52. The summed E-state index contributed by atoms with van der Waals surface area (Å²) in [6.45, 7) is 90.7. The monoisotopic (exact) mass is 1500 g/mol. The fourth-order valence-electron chi connectivity index (χ4n) is 19.6. The van der Waals surface area contributed by atoms with Crippen molar-refractivity contribution in [2.24, 2.45) is 43.3 Å². The van der Waals surface area contributed by atoms with E-state index in [1.54, 1.807) is 0 Å². The quantitative estimate of drug-likeness (QED) is 0.0747. The van der Waals surface area contributed by atoms with Gasteiger partial charge in [-0.1, -0.05) is 316 Å². The lowest BCUT2D eigenvalue weighted by Gasteiger charge is -2.52. The zero-order chi connectivity index (χ0) is 82.0. The summed E-state index contributed by atoms with van der Waals surface area (Å²) in [7, 11) is -3.89. The Morgan fingerprint density at radius 2 is 0.523 bits per heavy atom. The number of nitrogens with zero attached hydrogens (tertiary/aromatic N) is 2. The Morgan fingerprint density at radius 3 is 0.734 bits per heavy atom. The molecule has 6 nitrogen and oxygen atoms in total. The summed E-state index contributed by atoms with van der Waals surface area (Å²) in [6, 6.07) is 46.7. The Balaban J connectivity index is 1.11. The van der Waals surface area contributed by atoms with Gasteiger partial charge in [-0.05, 0) is 164 Å². The number of fused-ring (bicyclic) bond motifs is 6.